The molecule has 1 spiro atoms. The summed E-state index contributed by atoms with van der Waals surface area (Å²) in [7, 11) is 1.86. The summed E-state index contributed by atoms with van der Waals surface area (Å²) in [5.74, 6) is 1.60. The Balaban J connectivity index is 1.39. The molecule has 4 heteroatoms. The molecule has 2 saturated carbocycles. The fourth-order valence-corrected chi connectivity index (χ4v) is 4.58. The molecule has 3 unspecified atom stereocenters. The van der Waals surface area contributed by atoms with Crippen LogP contribution in [0.5, 0.6) is 0 Å². The molecule has 3 fully saturated rings. The van der Waals surface area contributed by atoms with Crippen LogP contribution in [0.15, 0.2) is 35.3 Å². The second kappa shape index (κ2) is 5.58. The molecule has 0 amide bonds. The molecule has 1 aromatic rings. The molecule has 2 aliphatic carbocycles. The Morgan fingerprint density at radius 2 is 2.14 bits per heavy atom. The molecule has 1 heterocycles. The van der Waals surface area contributed by atoms with Crippen LogP contribution in [-0.2, 0) is 11.3 Å². The zero-order chi connectivity index (χ0) is 15.0. The Morgan fingerprint density at radius 3 is 2.82 bits per heavy atom. The molecular formula is C18H25N3O. The average molecular weight is 299 g/mol. The van der Waals surface area contributed by atoms with E-state index >= 15 is 0 Å². The third-order valence-electron chi connectivity index (χ3n) is 5.85. The van der Waals surface area contributed by atoms with Gasteiger partial charge in [-0.15, -0.1) is 0 Å². The number of hydrogen-bond acceptors (Lipinski definition) is 2. The van der Waals surface area contributed by atoms with Gasteiger partial charge in [0.15, 0.2) is 5.96 Å². The van der Waals surface area contributed by atoms with Crippen LogP contribution in [0, 0.1) is 11.3 Å². The number of hydrogen-bond donors (Lipinski definition) is 2. The van der Waals surface area contributed by atoms with Crippen molar-refractivity contribution in [1.82, 2.24) is 10.6 Å². The molecular weight excluding hydrogens is 274 g/mol. The van der Waals surface area contributed by atoms with Gasteiger partial charge in [0.05, 0.1) is 6.10 Å². The molecule has 1 saturated heterocycles. The van der Waals surface area contributed by atoms with E-state index in [0.717, 1.165) is 19.1 Å². The van der Waals surface area contributed by atoms with Crippen LogP contribution in [0.25, 0.3) is 0 Å². The minimum absolute atomic E-state index is 0.394. The van der Waals surface area contributed by atoms with Gasteiger partial charge in [-0.25, -0.2) is 0 Å². The molecule has 3 aliphatic rings. The molecule has 0 radical (unpaired) electrons. The summed E-state index contributed by atoms with van der Waals surface area (Å²) in [6.07, 6.45) is 5.66. The Bertz CT molecular complexity index is 553. The van der Waals surface area contributed by atoms with Gasteiger partial charge in [-0.1, -0.05) is 36.8 Å². The molecule has 1 aromatic carbocycles. The van der Waals surface area contributed by atoms with Crippen LogP contribution in [0.1, 0.15) is 31.2 Å². The van der Waals surface area contributed by atoms with Gasteiger partial charge in [0.1, 0.15) is 0 Å². The molecule has 22 heavy (non-hydrogen) atoms. The van der Waals surface area contributed by atoms with Crippen LogP contribution in [0.3, 0.4) is 0 Å². The third-order valence-corrected chi connectivity index (χ3v) is 5.85. The van der Waals surface area contributed by atoms with Gasteiger partial charge in [-0.05, 0) is 24.8 Å². The Hall–Kier alpha value is -1.55. The van der Waals surface area contributed by atoms with Gasteiger partial charge in [0.2, 0.25) is 0 Å². The number of aliphatic imine (C=N–C) groups is 1. The number of guanidine groups is 1. The number of rotatable bonds is 3. The number of ether oxygens (including phenoxy) is 1. The van der Waals surface area contributed by atoms with Crippen molar-refractivity contribution in [2.24, 2.45) is 16.3 Å². The molecule has 118 valence electrons. The topological polar surface area (TPSA) is 45.7 Å². The molecule has 0 aromatic heterocycles. The molecule has 1 aliphatic heterocycles. The minimum Gasteiger partial charge on any atom is -0.377 e. The van der Waals surface area contributed by atoms with E-state index in [0.29, 0.717) is 23.5 Å². The van der Waals surface area contributed by atoms with E-state index in [4.69, 9.17) is 4.74 Å². The van der Waals surface area contributed by atoms with Crippen LogP contribution in [0.4, 0.5) is 0 Å². The molecule has 4 rings (SSSR count). The zero-order valence-corrected chi connectivity index (χ0v) is 13.2. The Kier molecular flexibility index (Phi) is 3.57. The predicted molar refractivity (Wildman–Crippen MR) is 87.7 cm³/mol. The summed E-state index contributed by atoms with van der Waals surface area (Å²) in [5.41, 5.74) is 1.67. The Morgan fingerprint density at radius 1 is 1.32 bits per heavy atom. The van der Waals surface area contributed by atoms with Gasteiger partial charge >= 0.3 is 0 Å². The molecule has 0 bridgehead atoms. The van der Waals surface area contributed by atoms with E-state index in [1.807, 2.05) is 13.1 Å². The van der Waals surface area contributed by atoms with E-state index in [9.17, 15) is 0 Å². The summed E-state index contributed by atoms with van der Waals surface area (Å²) < 4.78 is 5.98. The number of nitrogens with zero attached hydrogens (tertiary/aromatic N) is 1. The smallest absolute Gasteiger partial charge is 0.191 e. The lowest BCUT2D eigenvalue weighted by atomic mass is 9.46. The first-order valence-corrected chi connectivity index (χ1v) is 8.46. The van der Waals surface area contributed by atoms with E-state index in [1.165, 1.54) is 31.2 Å². The molecule has 2 N–H and O–H groups in total. The highest BCUT2D eigenvalue weighted by molar-refractivity contribution is 5.80. The first kappa shape index (κ1) is 14.1. The normalized spacial score (nSPS) is 32.0. The van der Waals surface area contributed by atoms with Gasteiger partial charge in [-0.2, -0.15) is 0 Å². The van der Waals surface area contributed by atoms with E-state index in [1.54, 1.807) is 0 Å². The van der Waals surface area contributed by atoms with Crippen molar-refractivity contribution in [3.05, 3.63) is 35.9 Å². The van der Waals surface area contributed by atoms with Crippen LogP contribution >= 0.6 is 0 Å². The van der Waals surface area contributed by atoms with Crippen molar-refractivity contribution in [2.45, 2.75) is 44.4 Å². The minimum atomic E-state index is 0.394. The maximum atomic E-state index is 5.98. The van der Waals surface area contributed by atoms with Gasteiger partial charge in [0, 0.05) is 37.6 Å². The largest absolute Gasteiger partial charge is 0.377 e. The van der Waals surface area contributed by atoms with Gasteiger partial charge in [0.25, 0.3) is 0 Å². The van der Waals surface area contributed by atoms with Crippen molar-refractivity contribution in [2.75, 3.05) is 13.7 Å². The van der Waals surface area contributed by atoms with E-state index < -0.39 is 0 Å². The van der Waals surface area contributed by atoms with Crippen molar-refractivity contribution in [3.8, 4) is 0 Å². The highest BCUT2D eigenvalue weighted by Gasteiger charge is 2.66. The highest BCUT2D eigenvalue weighted by atomic mass is 16.5. The predicted octanol–water partition coefficient (Wildman–Crippen LogP) is 2.31. The summed E-state index contributed by atoms with van der Waals surface area (Å²) in [5, 5.41) is 7.15. The van der Waals surface area contributed by atoms with Crippen LogP contribution in [0.2, 0.25) is 0 Å². The zero-order valence-electron chi connectivity index (χ0n) is 13.2. The highest BCUT2D eigenvalue weighted by Crippen LogP contribution is 2.62. The van der Waals surface area contributed by atoms with E-state index in [2.05, 4.69) is 39.9 Å². The van der Waals surface area contributed by atoms with Crippen molar-refractivity contribution in [3.63, 3.8) is 0 Å². The lowest BCUT2D eigenvalue weighted by Crippen LogP contribution is -2.72. The van der Waals surface area contributed by atoms with Gasteiger partial charge < -0.3 is 15.4 Å². The van der Waals surface area contributed by atoms with Crippen molar-refractivity contribution >= 4 is 5.96 Å². The fourth-order valence-electron chi connectivity index (χ4n) is 4.58. The fraction of sp³-hybridized carbons (Fsp3) is 0.611. The summed E-state index contributed by atoms with van der Waals surface area (Å²) >= 11 is 0. The monoisotopic (exact) mass is 299 g/mol. The maximum Gasteiger partial charge on any atom is 0.191 e. The quantitative estimate of drug-likeness (QED) is 0.665. The average Bonchev–Trinajstić information content (AvgIpc) is 2.92. The van der Waals surface area contributed by atoms with Gasteiger partial charge in [-0.3, -0.25) is 4.99 Å². The number of nitrogens with one attached hydrogen (secondary N) is 2. The standard InChI is InChI=1S/C18H25N3O/c1-19-17(20-12-13-6-3-2-4-7-13)21-15-14-8-11-22-16(14)18(15)9-5-10-18/h2-4,6-7,14-16H,5,8-12H2,1H3,(H2,19,20,21). The third kappa shape index (κ3) is 2.12. The SMILES string of the molecule is CN=C(NCc1ccccc1)NC1C2CCOC2C12CCC2. The second-order valence-corrected chi connectivity index (χ2v) is 6.86. The first-order valence-electron chi connectivity index (χ1n) is 8.46. The van der Waals surface area contributed by atoms with Crippen LogP contribution in [-0.4, -0.2) is 31.8 Å². The number of fused-ring (bicyclic) bond motifs is 2. The van der Waals surface area contributed by atoms with Crippen molar-refractivity contribution in [1.29, 1.82) is 0 Å². The summed E-state index contributed by atoms with van der Waals surface area (Å²) in [6, 6.07) is 11.0. The molecule has 3 atom stereocenters. The lowest BCUT2D eigenvalue weighted by Gasteiger charge is -2.63. The first-order chi connectivity index (χ1) is 10.8. The lowest BCUT2D eigenvalue weighted by molar-refractivity contribution is -0.171. The Labute approximate surface area is 132 Å². The number of benzene rings is 1. The summed E-state index contributed by atoms with van der Waals surface area (Å²) in [6.45, 7) is 1.75. The van der Waals surface area contributed by atoms with Crippen molar-refractivity contribution < 1.29 is 4.74 Å². The van der Waals surface area contributed by atoms with E-state index in [-0.39, 0.29) is 0 Å². The van der Waals surface area contributed by atoms with Crippen LogP contribution < -0.4 is 10.6 Å². The summed E-state index contributed by atoms with van der Waals surface area (Å²) in [4.78, 5) is 4.42. The molecule has 4 nitrogen and oxygen atoms in total. The maximum absolute atomic E-state index is 5.98. The second-order valence-electron chi connectivity index (χ2n) is 6.86.